The lowest BCUT2D eigenvalue weighted by molar-refractivity contribution is 0.190. The first-order chi connectivity index (χ1) is 11.3. The molecule has 1 aliphatic rings. The van der Waals surface area contributed by atoms with Crippen LogP contribution in [0.5, 0.6) is 0 Å². The maximum absolute atomic E-state index is 5.50. The molecule has 1 unspecified atom stereocenters. The summed E-state index contributed by atoms with van der Waals surface area (Å²) < 4.78 is 7.44. The van der Waals surface area contributed by atoms with E-state index in [1.54, 1.807) is 12.5 Å². The molecule has 1 saturated heterocycles. The molecule has 3 aromatic rings. The average molecular weight is 347 g/mol. The van der Waals surface area contributed by atoms with Crippen LogP contribution in [-0.4, -0.2) is 51.3 Å². The van der Waals surface area contributed by atoms with E-state index in [1.165, 1.54) is 0 Å². The van der Waals surface area contributed by atoms with Gasteiger partial charge in [0.15, 0.2) is 5.82 Å². The second-order valence-electron chi connectivity index (χ2n) is 5.64. The summed E-state index contributed by atoms with van der Waals surface area (Å²) in [5, 5.41) is 7.54. The number of likely N-dealkylation sites (N-methyl/N-ethyl adjacent to an activating group) is 1. The molecule has 1 aromatic carbocycles. The van der Waals surface area contributed by atoms with Crippen LogP contribution in [0.4, 0.5) is 0 Å². The van der Waals surface area contributed by atoms with E-state index in [0.29, 0.717) is 11.7 Å². The van der Waals surface area contributed by atoms with Gasteiger partial charge in [-0.2, -0.15) is 4.98 Å². The summed E-state index contributed by atoms with van der Waals surface area (Å²) in [6.45, 7) is 2.78. The van der Waals surface area contributed by atoms with Crippen molar-refractivity contribution in [2.24, 2.45) is 0 Å². The van der Waals surface area contributed by atoms with Crippen molar-refractivity contribution in [1.29, 1.82) is 0 Å². The lowest BCUT2D eigenvalue weighted by atomic mass is 10.2. The highest BCUT2D eigenvalue weighted by Gasteiger charge is 2.26. The monoisotopic (exact) mass is 346 g/mol. The fraction of sp³-hybridized carbons (Fsp3) is 0.312. The van der Waals surface area contributed by atoms with Crippen molar-refractivity contribution in [2.75, 3.05) is 26.7 Å². The third-order valence-electron chi connectivity index (χ3n) is 4.14. The molecule has 1 atom stereocenters. The van der Waals surface area contributed by atoms with Crippen molar-refractivity contribution in [3.63, 3.8) is 0 Å². The minimum absolute atomic E-state index is 0. The maximum Gasteiger partial charge on any atom is 0.276 e. The number of nitrogens with zero attached hydrogens (tertiary/aromatic N) is 5. The van der Waals surface area contributed by atoms with Gasteiger partial charge in [0.1, 0.15) is 5.69 Å². The number of rotatable bonds is 3. The number of halogens is 1. The van der Waals surface area contributed by atoms with Gasteiger partial charge in [-0.15, -0.1) is 12.4 Å². The van der Waals surface area contributed by atoms with Crippen molar-refractivity contribution in [3.8, 4) is 17.3 Å². The Morgan fingerprint density at radius 3 is 2.88 bits per heavy atom. The summed E-state index contributed by atoms with van der Waals surface area (Å²) in [7, 11) is 2.08. The Bertz CT molecular complexity index is 787. The Balaban J connectivity index is 0.00000169. The Labute approximate surface area is 146 Å². The zero-order chi connectivity index (χ0) is 15.6. The zero-order valence-corrected chi connectivity index (χ0v) is 14.1. The summed E-state index contributed by atoms with van der Waals surface area (Å²) in [4.78, 5) is 11.1. The minimum atomic E-state index is 0. The standard InChI is InChI=1S/C16H18N6O.ClH/c1-21-8-7-17-9-13(21)15-19-16(23-20-15)14-10-18-11-22(14)12-5-3-2-4-6-12;/h2-6,10-11,13,17H,7-9H2,1H3;1H. The van der Waals surface area contributed by atoms with Crippen molar-refractivity contribution >= 4 is 12.4 Å². The van der Waals surface area contributed by atoms with E-state index in [0.717, 1.165) is 31.0 Å². The highest BCUT2D eigenvalue weighted by Crippen LogP contribution is 2.24. The zero-order valence-electron chi connectivity index (χ0n) is 13.3. The number of para-hydroxylation sites is 1. The maximum atomic E-state index is 5.50. The van der Waals surface area contributed by atoms with Crippen molar-refractivity contribution in [2.45, 2.75) is 6.04 Å². The first-order valence-electron chi connectivity index (χ1n) is 7.65. The number of hydrogen-bond acceptors (Lipinski definition) is 6. The first kappa shape index (κ1) is 16.6. The van der Waals surface area contributed by atoms with E-state index in [9.17, 15) is 0 Å². The normalized spacial score (nSPS) is 18.3. The molecule has 0 bridgehead atoms. The van der Waals surface area contributed by atoms with Gasteiger partial charge >= 0.3 is 0 Å². The van der Waals surface area contributed by atoms with Gasteiger partial charge in [0.2, 0.25) is 0 Å². The van der Waals surface area contributed by atoms with Crippen molar-refractivity contribution in [1.82, 2.24) is 29.9 Å². The lowest BCUT2D eigenvalue weighted by Gasteiger charge is -2.30. The van der Waals surface area contributed by atoms with Gasteiger partial charge in [-0.1, -0.05) is 23.4 Å². The molecule has 0 saturated carbocycles. The van der Waals surface area contributed by atoms with Crippen LogP contribution in [0, 0.1) is 0 Å². The second kappa shape index (κ2) is 7.12. The quantitative estimate of drug-likeness (QED) is 0.781. The van der Waals surface area contributed by atoms with Crippen LogP contribution in [0.25, 0.3) is 17.3 Å². The van der Waals surface area contributed by atoms with Crippen LogP contribution < -0.4 is 5.32 Å². The van der Waals surface area contributed by atoms with E-state index in [4.69, 9.17) is 4.52 Å². The molecule has 0 aliphatic carbocycles. The van der Waals surface area contributed by atoms with E-state index >= 15 is 0 Å². The third kappa shape index (κ3) is 3.06. The Morgan fingerprint density at radius 2 is 2.08 bits per heavy atom. The number of benzene rings is 1. The summed E-state index contributed by atoms with van der Waals surface area (Å²) >= 11 is 0. The fourth-order valence-electron chi connectivity index (χ4n) is 2.82. The molecule has 1 N–H and O–H groups in total. The third-order valence-corrected chi connectivity index (χ3v) is 4.14. The lowest BCUT2D eigenvalue weighted by Crippen LogP contribution is -2.44. The predicted octanol–water partition coefficient (Wildman–Crippen LogP) is 1.92. The molecular weight excluding hydrogens is 328 g/mol. The molecule has 0 amide bonds. The highest BCUT2D eigenvalue weighted by molar-refractivity contribution is 5.85. The van der Waals surface area contributed by atoms with E-state index in [2.05, 4.69) is 32.4 Å². The molecule has 7 nitrogen and oxygen atoms in total. The first-order valence-corrected chi connectivity index (χ1v) is 7.65. The number of imidazole rings is 1. The summed E-state index contributed by atoms with van der Waals surface area (Å²) in [5.41, 5.74) is 1.80. The van der Waals surface area contributed by atoms with Gasteiger partial charge in [0, 0.05) is 25.3 Å². The van der Waals surface area contributed by atoms with Crippen LogP contribution in [0.1, 0.15) is 11.9 Å². The van der Waals surface area contributed by atoms with E-state index in [-0.39, 0.29) is 18.4 Å². The molecule has 126 valence electrons. The Morgan fingerprint density at radius 1 is 1.25 bits per heavy atom. The fourth-order valence-corrected chi connectivity index (χ4v) is 2.82. The van der Waals surface area contributed by atoms with E-state index < -0.39 is 0 Å². The molecule has 2 aromatic heterocycles. The van der Waals surface area contributed by atoms with Crippen LogP contribution in [0.3, 0.4) is 0 Å². The number of hydrogen-bond donors (Lipinski definition) is 1. The minimum Gasteiger partial charge on any atom is -0.332 e. The Hall–Kier alpha value is -2.22. The van der Waals surface area contributed by atoms with Crippen LogP contribution in [0.2, 0.25) is 0 Å². The van der Waals surface area contributed by atoms with Crippen LogP contribution in [-0.2, 0) is 0 Å². The molecular formula is C16H19ClN6O. The van der Waals surface area contributed by atoms with Gasteiger partial charge in [-0.25, -0.2) is 4.98 Å². The SMILES string of the molecule is CN1CCNCC1c1noc(-c2cncn2-c2ccccc2)n1.Cl. The van der Waals surface area contributed by atoms with Gasteiger partial charge in [0.25, 0.3) is 5.89 Å². The largest absolute Gasteiger partial charge is 0.332 e. The van der Waals surface area contributed by atoms with Gasteiger partial charge in [-0.05, 0) is 19.2 Å². The molecule has 3 heterocycles. The van der Waals surface area contributed by atoms with Gasteiger partial charge < -0.3 is 9.84 Å². The molecule has 24 heavy (non-hydrogen) atoms. The van der Waals surface area contributed by atoms with Crippen molar-refractivity contribution < 1.29 is 4.52 Å². The summed E-state index contributed by atoms with van der Waals surface area (Å²) in [5.74, 6) is 1.19. The van der Waals surface area contributed by atoms with Crippen molar-refractivity contribution in [3.05, 3.63) is 48.7 Å². The Kier molecular flexibility index (Phi) is 4.94. The predicted molar refractivity (Wildman–Crippen MR) is 92.3 cm³/mol. The molecule has 1 fully saturated rings. The number of nitrogens with one attached hydrogen (secondary N) is 1. The van der Waals surface area contributed by atoms with Gasteiger partial charge in [-0.3, -0.25) is 9.47 Å². The van der Waals surface area contributed by atoms with Crippen LogP contribution in [0.15, 0.2) is 47.4 Å². The molecule has 1 aliphatic heterocycles. The topological polar surface area (TPSA) is 72.0 Å². The second-order valence-corrected chi connectivity index (χ2v) is 5.64. The molecule has 0 spiro atoms. The smallest absolute Gasteiger partial charge is 0.276 e. The molecule has 8 heteroatoms. The summed E-state index contributed by atoms with van der Waals surface area (Å²) in [6.07, 6.45) is 3.50. The molecule has 4 rings (SSSR count). The summed E-state index contributed by atoms with van der Waals surface area (Å²) in [6, 6.07) is 10.1. The number of aromatic nitrogens is 4. The number of piperazine rings is 1. The average Bonchev–Trinajstić information content (AvgIpc) is 3.25. The van der Waals surface area contributed by atoms with Crippen LogP contribution >= 0.6 is 12.4 Å². The van der Waals surface area contributed by atoms with Gasteiger partial charge in [0.05, 0.1) is 18.6 Å². The van der Waals surface area contributed by atoms with E-state index in [1.807, 2.05) is 34.9 Å². The highest BCUT2D eigenvalue weighted by atomic mass is 35.5. The molecule has 0 radical (unpaired) electrons.